The Morgan fingerprint density at radius 2 is 2.03 bits per heavy atom. The molecule has 0 fully saturated rings. The van der Waals surface area contributed by atoms with E-state index in [1.165, 1.54) is 38.3 Å². The molecule has 30 heavy (non-hydrogen) atoms. The van der Waals surface area contributed by atoms with Crippen LogP contribution in [0.15, 0.2) is 41.0 Å². The Kier molecular flexibility index (Phi) is 5.84. The number of nitro groups is 1. The van der Waals surface area contributed by atoms with Crippen LogP contribution in [0.4, 0.5) is 5.69 Å². The molecule has 0 unspecified atom stereocenters. The van der Waals surface area contributed by atoms with Crippen molar-refractivity contribution in [1.29, 1.82) is 0 Å². The molecular weight excluding hydrogens is 416 g/mol. The maximum atomic E-state index is 12.2. The first-order valence-corrected chi connectivity index (χ1v) is 8.91. The topological polar surface area (TPSA) is 117 Å². The Morgan fingerprint density at radius 1 is 1.30 bits per heavy atom. The Balaban J connectivity index is 1.99. The van der Waals surface area contributed by atoms with Gasteiger partial charge in [-0.3, -0.25) is 14.9 Å². The predicted molar refractivity (Wildman–Crippen MR) is 108 cm³/mol. The van der Waals surface area contributed by atoms with Gasteiger partial charge in [0, 0.05) is 24.1 Å². The van der Waals surface area contributed by atoms with Crippen LogP contribution in [0.1, 0.15) is 23.6 Å². The average molecular weight is 431 g/mol. The molecule has 2 aromatic carbocycles. The van der Waals surface area contributed by atoms with Crippen molar-refractivity contribution in [3.63, 3.8) is 0 Å². The van der Waals surface area contributed by atoms with Gasteiger partial charge in [0.15, 0.2) is 17.2 Å². The smallest absolute Gasteiger partial charge is 0.363 e. The third-order valence-electron chi connectivity index (χ3n) is 4.07. The zero-order valence-corrected chi connectivity index (χ0v) is 16.9. The number of nitrogens with zero attached hydrogens (tertiary/aromatic N) is 2. The summed E-state index contributed by atoms with van der Waals surface area (Å²) in [6.45, 7) is 2.83. The second kappa shape index (κ2) is 8.34. The van der Waals surface area contributed by atoms with E-state index in [4.69, 9.17) is 25.8 Å². The summed E-state index contributed by atoms with van der Waals surface area (Å²) in [4.78, 5) is 38.2. The normalized spacial score (nSPS) is 14.3. The Morgan fingerprint density at radius 3 is 2.67 bits per heavy atom. The number of halogens is 1. The maximum Gasteiger partial charge on any atom is 0.363 e. The van der Waals surface area contributed by atoms with E-state index in [0.717, 1.165) is 0 Å². The number of hydrogen-bond donors (Lipinski definition) is 0. The number of cyclic esters (lactones) is 1. The summed E-state index contributed by atoms with van der Waals surface area (Å²) in [6, 6.07) is 7.38. The fraction of sp³-hybridized carbons (Fsp3) is 0.150. The van der Waals surface area contributed by atoms with Crippen molar-refractivity contribution in [2.75, 3.05) is 7.11 Å². The van der Waals surface area contributed by atoms with Crippen LogP contribution in [-0.2, 0) is 14.3 Å². The summed E-state index contributed by atoms with van der Waals surface area (Å²) in [6.07, 6.45) is 1.41. The number of hydrogen-bond acceptors (Lipinski definition) is 8. The van der Waals surface area contributed by atoms with Gasteiger partial charge >= 0.3 is 11.9 Å². The predicted octanol–water partition coefficient (Wildman–Crippen LogP) is 3.84. The van der Waals surface area contributed by atoms with Crippen LogP contribution in [0, 0.1) is 17.0 Å². The lowest BCUT2D eigenvalue weighted by Gasteiger charge is -2.10. The molecule has 0 aromatic heterocycles. The molecule has 2 aromatic rings. The second-order valence-corrected chi connectivity index (χ2v) is 6.63. The number of methoxy groups -OCH3 is 1. The number of carbonyl (C=O) groups is 2. The molecule has 0 amide bonds. The van der Waals surface area contributed by atoms with Gasteiger partial charge in [-0.2, -0.15) is 0 Å². The number of aliphatic imine (C=N–C) groups is 1. The van der Waals surface area contributed by atoms with Gasteiger partial charge in [0.25, 0.3) is 5.69 Å². The van der Waals surface area contributed by atoms with Crippen molar-refractivity contribution in [1.82, 2.24) is 0 Å². The lowest BCUT2D eigenvalue weighted by Crippen LogP contribution is -2.06. The molecule has 0 N–H and O–H groups in total. The first-order chi connectivity index (χ1) is 14.2. The number of ether oxygens (including phenoxy) is 3. The highest BCUT2D eigenvalue weighted by Gasteiger charge is 2.26. The van der Waals surface area contributed by atoms with E-state index in [1.807, 2.05) is 0 Å². The number of nitro benzene ring substituents is 1. The van der Waals surface area contributed by atoms with Crippen LogP contribution in [0.2, 0.25) is 5.02 Å². The largest absolute Gasteiger partial charge is 0.493 e. The molecule has 0 aliphatic carbocycles. The first-order valence-electron chi connectivity index (χ1n) is 8.53. The lowest BCUT2D eigenvalue weighted by atomic mass is 10.1. The number of esters is 2. The van der Waals surface area contributed by atoms with Crippen molar-refractivity contribution >= 4 is 41.2 Å². The highest BCUT2D eigenvalue weighted by Crippen LogP contribution is 2.37. The monoisotopic (exact) mass is 430 g/mol. The molecule has 0 atom stereocenters. The van der Waals surface area contributed by atoms with Crippen molar-refractivity contribution in [3.05, 3.63) is 67.9 Å². The van der Waals surface area contributed by atoms with Gasteiger partial charge in [-0.1, -0.05) is 17.7 Å². The van der Waals surface area contributed by atoms with Crippen LogP contribution in [0.3, 0.4) is 0 Å². The molecule has 0 bridgehead atoms. The summed E-state index contributed by atoms with van der Waals surface area (Å²) in [5.41, 5.74) is 1.07. The molecule has 0 saturated carbocycles. The molecule has 1 aliphatic rings. The third kappa shape index (κ3) is 4.31. The van der Waals surface area contributed by atoms with Gasteiger partial charge in [-0.25, -0.2) is 9.79 Å². The van der Waals surface area contributed by atoms with Crippen LogP contribution in [0.5, 0.6) is 11.5 Å². The van der Waals surface area contributed by atoms with E-state index in [1.54, 1.807) is 19.1 Å². The summed E-state index contributed by atoms with van der Waals surface area (Å²) in [5.74, 6) is -1.10. The van der Waals surface area contributed by atoms with Gasteiger partial charge in [-0.15, -0.1) is 0 Å². The molecule has 10 heteroatoms. The van der Waals surface area contributed by atoms with E-state index in [9.17, 15) is 19.7 Å². The van der Waals surface area contributed by atoms with Gasteiger partial charge in [0.2, 0.25) is 5.90 Å². The third-order valence-corrected chi connectivity index (χ3v) is 4.35. The molecule has 3 rings (SSSR count). The average Bonchev–Trinajstić information content (AvgIpc) is 3.04. The lowest BCUT2D eigenvalue weighted by molar-refractivity contribution is -0.385. The van der Waals surface area contributed by atoms with Crippen LogP contribution >= 0.6 is 11.6 Å². The van der Waals surface area contributed by atoms with Gasteiger partial charge in [-0.05, 0) is 36.8 Å². The fourth-order valence-corrected chi connectivity index (χ4v) is 2.95. The molecule has 154 valence electrons. The standard InChI is InChI=1S/C20H15ClN2O7/c1-10-4-5-13(9-16(10)23(26)27)19-22-15(20(25)30-19)7-12-6-14(21)18(29-11(2)24)17(8-12)28-3/h4-9H,1-3H3. The highest BCUT2D eigenvalue weighted by atomic mass is 35.5. The molecule has 1 heterocycles. The quantitative estimate of drug-likeness (QED) is 0.232. The summed E-state index contributed by atoms with van der Waals surface area (Å²) < 4.78 is 15.4. The number of benzene rings is 2. The van der Waals surface area contributed by atoms with E-state index >= 15 is 0 Å². The van der Waals surface area contributed by atoms with Gasteiger partial charge < -0.3 is 14.2 Å². The Hall–Kier alpha value is -3.72. The minimum absolute atomic E-state index is 0.0356. The zero-order chi connectivity index (χ0) is 22.0. The van der Waals surface area contributed by atoms with Crippen LogP contribution < -0.4 is 9.47 Å². The minimum atomic E-state index is -0.729. The van der Waals surface area contributed by atoms with E-state index in [0.29, 0.717) is 16.7 Å². The maximum absolute atomic E-state index is 12.2. The minimum Gasteiger partial charge on any atom is -0.493 e. The summed E-state index contributed by atoms with van der Waals surface area (Å²) in [7, 11) is 1.37. The van der Waals surface area contributed by atoms with Gasteiger partial charge in [0.05, 0.1) is 17.1 Å². The zero-order valence-electron chi connectivity index (χ0n) is 16.1. The van der Waals surface area contributed by atoms with Crippen LogP contribution in [0.25, 0.3) is 6.08 Å². The highest BCUT2D eigenvalue weighted by molar-refractivity contribution is 6.32. The number of aryl methyl sites for hydroxylation is 1. The SMILES string of the molecule is COc1cc(C=C2N=C(c3ccc(C)c([N+](=O)[O-])c3)OC2=O)cc(Cl)c1OC(C)=O. The van der Waals surface area contributed by atoms with Crippen molar-refractivity contribution in [2.24, 2.45) is 4.99 Å². The van der Waals surface area contributed by atoms with E-state index < -0.39 is 16.9 Å². The van der Waals surface area contributed by atoms with Crippen molar-refractivity contribution < 1.29 is 28.7 Å². The van der Waals surface area contributed by atoms with Crippen molar-refractivity contribution in [3.8, 4) is 11.5 Å². The molecule has 9 nitrogen and oxygen atoms in total. The number of rotatable bonds is 5. The Labute approximate surface area is 175 Å². The van der Waals surface area contributed by atoms with E-state index in [-0.39, 0.29) is 33.8 Å². The number of carbonyl (C=O) groups excluding carboxylic acids is 2. The van der Waals surface area contributed by atoms with Gasteiger partial charge in [0.1, 0.15) is 0 Å². The fourth-order valence-electron chi connectivity index (χ4n) is 2.70. The Bertz CT molecular complexity index is 1140. The van der Waals surface area contributed by atoms with Crippen LogP contribution in [-0.4, -0.2) is 29.9 Å². The molecule has 0 radical (unpaired) electrons. The first kappa shape index (κ1) is 21.0. The molecule has 1 aliphatic heterocycles. The second-order valence-electron chi connectivity index (χ2n) is 6.22. The summed E-state index contributed by atoms with van der Waals surface area (Å²) >= 11 is 6.16. The molecular formula is C20H15ClN2O7. The summed E-state index contributed by atoms with van der Waals surface area (Å²) in [5, 5.41) is 11.2. The molecule has 0 spiro atoms. The van der Waals surface area contributed by atoms with E-state index in [2.05, 4.69) is 4.99 Å². The van der Waals surface area contributed by atoms with Crippen molar-refractivity contribution in [2.45, 2.75) is 13.8 Å². The molecule has 0 saturated heterocycles.